The maximum absolute atomic E-state index is 13.8. The Kier molecular flexibility index (Phi) is 4.51. The van der Waals surface area contributed by atoms with Crippen molar-refractivity contribution in [3.8, 4) is 16.3 Å². The van der Waals surface area contributed by atoms with Crippen molar-refractivity contribution in [2.75, 3.05) is 0 Å². The molecular weight excluding hydrogens is 401 g/mol. The monoisotopic (exact) mass is 413 g/mol. The van der Waals surface area contributed by atoms with Crippen molar-refractivity contribution in [3.63, 3.8) is 0 Å². The lowest BCUT2D eigenvalue weighted by atomic mass is 10.2. The molecule has 1 heterocycles. The fraction of sp³-hybridized carbons (Fsp3) is 0.0500. The number of halogens is 2. The number of hydrogen-bond acceptors (Lipinski definition) is 3. The van der Waals surface area contributed by atoms with E-state index in [1.165, 1.54) is 6.07 Å². The van der Waals surface area contributed by atoms with Crippen LogP contribution in [0.1, 0.15) is 5.56 Å². The first kappa shape index (κ1) is 16.2. The number of ether oxygens (including phenoxy) is 1. The zero-order valence-corrected chi connectivity index (χ0v) is 15.5. The molecule has 3 aromatic carbocycles. The van der Waals surface area contributed by atoms with Crippen LogP contribution in [-0.2, 0) is 6.61 Å². The third kappa shape index (κ3) is 3.43. The Hall–Kier alpha value is -2.24. The predicted molar refractivity (Wildman–Crippen MR) is 103 cm³/mol. The van der Waals surface area contributed by atoms with Crippen molar-refractivity contribution in [2.45, 2.75) is 6.61 Å². The highest BCUT2D eigenvalue weighted by Crippen LogP contribution is 2.37. The molecule has 0 aliphatic rings. The zero-order chi connectivity index (χ0) is 17.2. The van der Waals surface area contributed by atoms with Gasteiger partial charge in [0.15, 0.2) is 0 Å². The van der Waals surface area contributed by atoms with Gasteiger partial charge >= 0.3 is 0 Å². The molecule has 0 amide bonds. The number of rotatable bonds is 4. The highest BCUT2D eigenvalue weighted by atomic mass is 79.9. The summed E-state index contributed by atoms with van der Waals surface area (Å²) in [7, 11) is 0. The molecule has 0 saturated heterocycles. The lowest BCUT2D eigenvalue weighted by Gasteiger charge is -2.11. The van der Waals surface area contributed by atoms with E-state index in [0.717, 1.165) is 25.3 Å². The Labute approximate surface area is 157 Å². The van der Waals surface area contributed by atoms with Gasteiger partial charge in [-0.2, -0.15) is 0 Å². The molecule has 2 nitrogen and oxygen atoms in total. The van der Waals surface area contributed by atoms with Crippen molar-refractivity contribution in [2.24, 2.45) is 0 Å². The Morgan fingerprint density at radius 2 is 1.80 bits per heavy atom. The van der Waals surface area contributed by atoms with E-state index < -0.39 is 0 Å². The lowest BCUT2D eigenvalue weighted by Crippen LogP contribution is -1.99. The van der Waals surface area contributed by atoms with E-state index in [9.17, 15) is 4.39 Å². The second-order valence-corrected chi connectivity index (χ2v) is 7.45. The minimum Gasteiger partial charge on any atom is -0.488 e. The summed E-state index contributed by atoms with van der Waals surface area (Å²) in [5.41, 5.74) is 2.38. The van der Waals surface area contributed by atoms with Gasteiger partial charge in [0.05, 0.1) is 15.8 Å². The number of hydrogen-bond donors (Lipinski definition) is 0. The molecule has 0 atom stereocenters. The Morgan fingerprint density at radius 3 is 2.64 bits per heavy atom. The van der Waals surface area contributed by atoms with Crippen LogP contribution >= 0.6 is 27.3 Å². The molecule has 0 aliphatic heterocycles. The SMILES string of the molecule is Fc1ccccc1COc1ccc(Br)cc1-c1nc2ccccc2s1. The van der Waals surface area contributed by atoms with Crippen molar-refractivity contribution in [3.05, 3.63) is 82.6 Å². The van der Waals surface area contributed by atoms with Crippen molar-refractivity contribution >= 4 is 37.5 Å². The molecule has 1 aromatic heterocycles. The van der Waals surface area contributed by atoms with Gasteiger partial charge in [-0.25, -0.2) is 9.37 Å². The van der Waals surface area contributed by atoms with Gasteiger partial charge in [-0.05, 0) is 36.4 Å². The molecule has 4 rings (SSSR count). The summed E-state index contributed by atoms with van der Waals surface area (Å²) in [5, 5.41) is 0.881. The van der Waals surface area contributed by atoms with Crippen LogP contribution in [0.3, 0.4) is 0 Å². The third-order valence-electron chi connectivity index (χ3n) is 3.81. The third-order valence-corrected chi connectivity index (χ3v) is 5.37. The van der Waals surface area contributed by atoms with Gasteiger partial charge in [0, 0.05) is 10.0 Å². The van der Waals surface area contributed by atoms with Crippen LogP contribution in [-0.4, -0.2) is 4.98 Å². The summed E-state index contributed by atoms with van der Waals surface area (Å²) in [4.78, 5) is 4.70. The quantitative estimate of drug-likeness (QED) is 0.383. The van der Waals surface area contributed by atoms with Crippen LogP contribution < -0.4 is 4.74 Å². The summed E-state index contributed by atoms with van der Waals surface area (Å²) < 4.78 is 21.8. The van der Waals surface area contributed by atoms with Gasteiger partial charge in [0.1, 0.15) is 23.2 Å². The average Bonchev–Trinajstić information content (AvgIpc) is 3.06. The van der Waals surface area contributed by atoms with Crippen LogP contribution in [0.25, 0.3) is 20.8 Å². The van der Waals surface area contributed by atoms with Crippen molar-refractivity contribution in [1.82, 2.24) is 4.98 Å². The van der Waals surface area contributed by atoms with E-state index in [4.69, 9.17) is 9.72 Å². The number of thiazole rings is 1. The largest absolute Gasteiger partial charge is 0.488 e. The van der Waals surface area contributed by atoms with Crippen LogP contribution in [0.2, 0.25) is 0 Å². The topological polar surface area (TPSA) is 22.1 Å². The summed E-state index contributed by atoms with van der Waals surface area (Å²) in [5.74, 6) is 0.423. The minimum atomic E-state index is -0.263. The molecule has 0 N–H and O–H groups in total. The van der Waals surface area contributed by atoms with Crippen LogP contribution in [0.5, 0.6) is 5.75 Å². The van der Waals surface area contributed by atoms with E-state index in [2.05, 4.69) is 15.9 Å². The van der Waals surface area contributed by atoms with Gasteiger partial charge in [-0.3, -0.25) is 0 Å². The van der Waals surface area contributed by atoms with E-state index in [1.54, 1.807) is 29.5 Å². The maximum Gasteiger partial charge on any atom is 0.130 e. The van der Waals surface area contributed by atoms with E-state index in [-0.39, 0.29) is 12.4 Å². The molecule has 4 aromatic rings. The lowest BCUT2D eigenvalue weighted by molar-refractivity contribution is 0.301. The van der Waals surface area contributed by atoms with E-state index in [0.29, 0.717) is 11.3 Å². The van der Waals surface area contributed by atoms with Crippen LogP contribution in [0, 0.1) is 5.82 Å². The number of nitrogens with zero attached hydrogens (tertiary/aromatic N) is 1. The number of benzene rings is 3. The van der Waals surface area contributed by atoms with Gasteiger partial charge < -0.3 is 4.74 Å². The standard InChI is InChI=1S/C20H13BrFNOS/c21-14-9-10-18(24-12-13-5-1-2-6-16(13)22)15(11-14)20-23-17-7-3-4-8-19(17)25-20/h1-11H,12H2. The Balaban J connectivity index is 1.70. The van der Waals surface area contributed by atoms with Gasteiger partial charge in [0.2, 0.25) is 0 Å². The summed E-state index contributed by atoms with van der Waals surface area (Å²) >= 11 is 5.12. The molecule has 0 aliphatic carbocycles. The first-order valence-corrected chi connectivity index (χ1v) is 9.33. The van der Waals surface area contributed by atoms with Crippen molar-refractivity contribution < 1.29 is 9.13 Å². The summed E-state index contributed by atoms with van der Waals surface area (Å²) in [6, 6.07) is 20.4. The highest BCUT2D eigenvalue weighted by molar-refractivity contribution is 9.10. The Morgan fingerprint density at radius 1 is 1.00 bits per heavy atom. The number of fused-ring (bicyclic) bond motifs is 1. The molecule has 0 bridgehead atoms. The van der Waals surface area contributed by atoms with E-state index in [1.807, 2.05) is 42.5 Å². The highest BCUT2D eigenvalue weighted by Gasteiger charge is 2.13. The van der Waals surface area contributed by atoms with Gasteiger partial charge in [-0.15, -0.1) is 11.3 Å². The maximum atomic E-state index is 13.8. The molecule has 124 valence electrons. The summed E-state index contributed by atoms with van der Waals surface area (Å²) in [6.07, 6.45) is 0. The molecule has 0 unspecified atom stereocenters. The molecule has 5 heteroatoms. The van der Waals surface area contributed by atoms with Crippen molar-refractivity contribution in [1.29, 1.82) is 0 Å². The van der Waals surface area contributed by atoms with Crippen LogP contribution in [0.4, 0.5) is 4.39 Å². The molecule has 25 heavy (non-hydrogen) atoms. The average molecular weight is 414 g/mol. The van der Waals surface area contributed by atoms with Gasteiger partial charge in [-0.1, -0.05) is 46.3 Å². The zero-order valence-electron chi connectivity index (χ0n) is 13.1. The fourth-order valence-electron chi connectivity index (χ4n) is 2.55. The van der Waals surface area contributed by atoms with Crippen LogP contribution in [0.15, 0.2) is 71.2 Å². The molecular formula is C20H13BrFNOS. The Bertz CT molecular complexity index is 1010. The molecule has 0 fully saturated rings. The number of aromatic nitrogens is 1. The summed E-state index contributed by atoms with van der Waals surface area (Å²) in [6.45, 7) is 0.173. The number of para-hydroxylation sites is 1. The van der Waals surface area contributed by atoms with E-state index >= 15 is 0 Å². The van der Waals surface area contributed by atoms with Gasteiger partial charge in [0.25, 0.3) is 0 Å². The molecule has 0 saturated carbocycles. The second-order valence-electron chi connectivity index (χ2n) is 5.51. The first-order valence-electron chi connectivity index (χ1n) is 7.72. The smallest absolute Gasteiger partial charge is 0.130 e. The molecule has 0 radical (unpaired) electrons. The molecule has 0 spiro atoms. The minimum absolute atomic E-state index is 0.173. The fourth-order valence-corrected chi connectivity index (χ4v) is 3.90. The normalized spacial score (nSPS) is 11.0. The predicted octanol–water partition coefficient (Wildman–Crippen LogP) is 6.44. The first-order chi connectivity index (χ1) is 12.2. The second kappa shape index (κ2) is 6.94.